The van der Waals surface area contributed by atoms with Crippen LogP contribution in [-0.4, -0.2) is 17.6 Å². The number of hydrogen-bond acceptors (Lipinski definition) is 4. The van der Waals surface area contributed by atoms with Gasteiger partial charge in [0.15, 0.2) is 0 Å². The van der Waals surface area contributed by atoms with Crippen LogP contribution in [0.2, 0.25) is 0 Å². The van der Waals surface area contributed by atoms with E-state index in [0.717, 1.165) is 23.1 Å². The van der Waals surface area contributed by atoms with Gasteiger partial charge in [-0.25, -0.2) is 4.79 Å². The predicted octanol–water partition coefficient (Wildman–Crippen LogP) is 7.01. The van der Waals surface area contributed by atoms with Crippen molar-refractivity contribution in [1.82, 2.24) is 4.57 Å². The first-order valence-corrected chi connectivity index (χ1v) is 11.1. The predicted molar refractivity (Wildman–Crippen MR) is 135 cm³/mol. The Hall–Kier alpha value is -4.51. The molecule has 1 N–H and O–H groups in total. The highest BCUT2D eigenvalue weighted by molar-refractivity contribution is 6.00. The Balaban J connectivity index is 1.46. The van der Waals surface area contributed by atoms with Crippen LogP contribution in [0, 0.1) is 0 Å². The number of ether oxygens (including phenoxy) is 2. The van der Waals surface area contributed by atoms with E-state index in [0.29, 0.717) is 22.7 Å². The summed E-state index contributed by atoms with van der Waals surface area (Å²) in [5.41, 5.74) is 4.30. The van der Waals surface area contributed by atoms with Crippen molar-refractivity contribution in [3.8, 4) is 11.5 Å². The highest BCUT2D eigenvalue weighted by Crippen LogP contribution is 2.32. The number of fused-ring (bicyclic) bond motifs is 1. The van der Waals surface area contributed by atoms with E-state index < -0.39 is 5.97 Å². The van der Waals surface area contributed by atoms with E-state index in [4.69, 9.17) is 9.47 Å². The topological polar surface area (TPSA) is 52.5 Å². The second-order valence-corrected chi connectivity index (χ2v) is 7.91. The highest BCUT2D eigenvalue weighted by atomic mass is 16.5. The number of nitrogens with one attached hydrogen (secondary N) is 1. The molecule has 0 spiro atoms. The summed E-state index contributed by atoms with van der Waals surface area (Å²) in [6.07, 6.45) is 2.08. The average Bonchev–Trinajstić information content (AvgIpc) is 3.29. The quantitative estimate of drug-likeness (QED) is 0.272. The molecule has 0 aliphatic rings. The Morgan fingerprint density at radius 3 is 2.32 bits per heavy atom. The molecule has 5 aromatic rings. The van der Waals surface area contributed by atoms with E-state index in [1.807, 2.05) is 72.8 Å². The van der Waals surface area contributed by atoms with E-state index >= 15 is 0 Å². The van der Waals surface area contributed by atoms with Crippen LogP contribution in [0.3, 0.4) is 0 Å². The number of rotatable bonds is 7. The van der Waals surface area contributed by atoms with Crippen molar-refractivity contribution in [2.75, 3.05) is 12.4 Å². The number of carbonyl (C=O) groups is 1. The van der Waals surface area contributed by atoms with Gasteiger partial charge in [0.1, 0.15) is 11.5 Å². The van der Waals surface area contributed by atoms with E-state index in [1.165, 1.54) is 12.7 Å². The molecule has 0 fully saturated rings. The molecule has 0 aliphatic carbocycles. The maximum Gasteiger partial charge on any atom is 0.340 e. The molecule has 4 aromatic carbocycles. The molecule has 5 rings (SSSR count). The second-order valence-electron chi connectivity index (χ2n) is 7.91. The first kappa shape index (κ1) is 21.3. The molecule has 0 bridgehead atoms. The Labute approximate surface area is 198 Å². The van der Waals surface area contributed by atoms with Crippen molar-refractivity contribution in [2.45, 2.75) is 6.54 Å². The smallest absolute Gasteiger partial charge is 0.340 e. The number of benzene rings is 4. The molecule has 0 saturated heterocycles. The Morgan fingerprint density at radius 1 is 0.794 bits per heavy atom. The van der Waals surface area contributed by atoms with E-state index in [-0.39, 0.29) is 0 Å². The van der Waals surface area contributed by atoms with Gasteiger partial charge in [0.2, 0.25) is 0 Å². The first-order chi connectivity index (χ1) is 16.7. The van der Waals surface area contributed by atoms with Gasteiger partial charge in [0.25, 0.3) is 0 Å². The Bertz CT molecular complexity index is 1430. The number of para-hydroxylation sites is 1. The zero-order valence-electron chi connectivity index (χ0n) is 18.8. The van der Waals surface area contributed by atoms with Gasteiger partial charge in [-0.15, -0.1) is 0 Å². The monoisotopic (exact) mass is 448 g/mol. The third-order valence-electron chi connectivity index (χ3n) is 5.65. The van der Waals surface area contributed by atoms with Gasteiger partial charge >= 0.3 is 5.97 Å². The second kappa shape index (κ2) is 9.55. The average molecular weight is 449 g/mol. The third kappa shape index (κ3) is 4.50. The molecule has 5 heteroatoms. The van der Waals surface area contributed by atoms with Gasteiger partial charge in [-0.1, -0.05) is 54.6 Å². The summed E-state index contributed by atoms with van der Waals surface area (Å²) >= 11 is 0. The van der Waals surface area contributed by atoms with Gasteiger partial charge in [0, 0.05) is 23.8 Å². The normalized spacial score (nSPS) is 10.7. The van der Waals surface area contributed by atoms with Crippen LogP contribution < -0.4 is 10.1 Å². The van der Waals surface area contributed by atoms with Crippen LogP contribution in [0.1, 0.15) is 15.9 Å². The maximum atomic E-state index is 12.6. The van der Waals surface area contributed by atoms with Crippen molar-refractivity contribution in [2.24, 2.45) is 0 Å². The molecule has 168 valence electrons. The van der Waals surface area contributed by atoms with Crippen LogP contribution in [-0.2, 0) is 11.3 Å². The fourth-order valence-electron chi connectivity index (χ4n) is 3.99. The molecule has 1 aromatic heterocycles. The van der Waals surface area contributed by atoms with Crippen molar-refractivity contribution in [1.29, 1.82) is 0 Å². The highest BCUT2D eigenvalue weighted by Gasteiger charge is 2.16. The molecular weight excluding hydrogens is 424 g/mol. The van der Waals surface area contributed by atoms with Crippen LogP contribution in [0.15, 0.2) is 109 Å². The number of nitrogens with zero attached hydrogens (tertiary/aromatic N) is 1. The summed E-state index contributed by atoms with van der Waals surface area (Å²) < 4.78 is 13.2. The summed E-state index contributed by atoms with van der Waals surface area (Å²) in [7, 11) is 1.38. The van der Waals surface area contributed by atoms with Gasteiger partial charge in [-0.05, 0) is 54.1 Å². The van der Waals surface area contributed by atoms with Crippen molar-refractivity contribution in [3.63, 3.8) is 0 Å². The number of methoxy groups -OCH3 is 1. The number of anilines is 2. The number of hydrogen-bond donors (Lipinski definition) is 1. The van der Waals surface area contributed by atoms with Crippen LogP contribution in [0.25, 0.3) is 10.9 Å². The lowest BCUT2D eigenvalue weighted by Crippen LogP contribution is -2.06. The SMILES string of the molecule is COC(=O)c1cc(Oc2ccccc2)ccc1Nc1cccc2c1ccn2Cc1ccccc1. The molecule has 1 heterocycles. The molecule has 0 radical (unpaired) electrons. The largest absolute Gasteiger partial charge is 0.465 e. The molecule has 0 aliphatic heterocycles. The summed E-state index contributed by atoms with van der Waals surface area (Å²) in [5.74, 6) is 0.822. The third-order valence-corrected chi connectivity index (χ3v) is 5.65. The fourth-order valence-corrected chi connectivity index (χ4v) is 3.99. The van der Waals surface area contributed by atoms with Crippen LogP contribution in [0.4, 0.5) is 11.4 Å². The lowest BCUT2D eigenvalue weighted by molar-refractivity contribution is 0.0601. The first-order valence-electron chi connectivity index (χ1n) is 11.1. The van der Waals surface area contributed by atoms with E-state index in [2.05, 4.69) is 40.3 Å². The van der Waals surface area contributed by atoms with Crippen LogP contribution in [0.5, 0.6) is 11.5 Å². The molecule has 34 heavy (non-hydrogen) atoms. The standard InChI is InChI=1S/C29H24N2O3/c1-33-29(32)25-19-23(34-22-11-6-3-7-12-22)15-16-27(25)30-26-13-8-14-28-24(26)17-18-31(28)20-21-9-4-2-5-10-21/h2-19,30H,20H2,1H3. The Kier molecular flexibility index (Phi) is 5.99. The van der Waals surface area contributed by atoms with E-state index in [1.54, 1.807) is 6.07 Å². The zero-order valence-corrected chi connectivity index (χ0v) is 18.8. The van der Waals surface area contributed by atoms with Gasteiger partial charge < -0.3 is 19.4 Å². The summed E-state index contributed by atoms with van der Waals surface area (Å²) in [6, 6.07) is 33.4. The van der Waals surface area contributed by atoms with Gasteiger partial charge in [0.05, 0.1) is 23.9 Å². The van der Waals surface area contributed by atoms with Crippen LogP contribution >= 0.6 is 0 Å². The molecule has 5 nitrogen and oxygen atoms in total. The van der Waals surface area contributed by atoms with Crippen molar-refractivity contribution >= 4 is 28.2 Å². The van der Waals surface area contributed by atoms with Gasteiger partial charge in [-0.2, -0.15) is 0 Å². The molecular formula is C29H24N2O3. The lowest BCUT2D eigenvalue weighted by atomic mass is 10.1. The van der Waals surface area contributed by atoms with Gasteiger partial charge in [-0.3, -0.25) is 0 Å². The Morgan fingerprint density at radius 2 is 1.56 bits per heavy atom. The molecule has 0 amide bonds. The fraction of sp³-hybridized carbons (Fsp3) is 0.0690. The number of esters is 1. The minimum Gasteiger partial charge on any atom is -0.465 e. The van der Waals surface area contributed by atoms with Crippen molar-refractivity contribution in [3.05, 3.63) is 120 Å². The molecule has 0 unspecified atom stereocenters. The molecule has 0 atom stereocenters. The van der Waals surface area contributed by atoms with Crippen molar-refractivity contribution < 1.29 is 14.3 Å². The van der Waals surface area contributed by atoms with E-state index in [9.17, 15) is 4.79 Å². The summed E-state index contributed by atoms with van der Waals surface area (Å²) in [6.45, 7) is 0.784. The number of carbonyl (C=O) groups excluding carboxylic acids is 1. The summed E-state index contributed by atoms with van der Waals surface area (Å²) in [5, 5.41) is 4.50. The zero-order chi connectivity index (χ0) is 23.3. The maximum absolute atomic E-state index is 12.6. The summed E-state index contributed by atoms with van der Waals surface area (Å²) in [4.78, 5) is 12.6. The minimum atomic E-state index is -0.435. The molecule has 0 saturated carbocycles. The minimum absolute atomic E-state index is 0.400. The number of aromatic nitrogens is 1. The lowest BCUT2D eigenvalue weighted by Gasteiger charge is -2.14.